The lowest BCUT2D eigenvalue weighted by molar-refractivity contribution is -0.0498. The highest BCUT2D eigenvalue weighted by molar-refractivity contribution is 5.94. The molecule has 4 nitrogen and oxygen atoms in total. The van der Waals surface area contributed by atoms with Crippen molar-refractivity contribution in [2.24, 2.45) is 0 Å². The topological polar surface area (TPSA) is 41.6 Å². The summed E-state index contributed by atoms with van der Waals surface area (Å²) in [6.07, 6.45) is 1.78. The molecule has 1 aliphatic heterocycles. The van der Waals surface area contributed by atoms with Gasteiger partial charge in [-0.3, -0.25) is 4.79 Å². The van der Waals surface area contributed by atoms with Gasteiger partial charge in [-0.15, -0.1) is 0 Å². The van der Waals surface area contributed by atoms with Crippen LogP contribution in [0.15, 0.2) is 24.3 Å². The number of halogens is 2. The lowest BCUT2D eigenvalue weighted by atomic mass is 9.89. The molecular formula is C15H20F2N2O2. The Bertz CT molecular complexity index is 483. The number of amides is 1. The molecule has 0 saturated carbocycles. The van der Waals surface area contributed by atoms with Crippen molar-refractivity contribution < 1.29 is 18.3 Å². The van der Waals surface area contributed by atoms with Crippen LogP contribution >= 0.6 is 0 Å². The summed E-state index contributed by atoms with van der Waals surface area (Å²) in [5, 5.41) is 3.28. The van der Waals surface area contributed by atoms with E-state index in [2.05, 4.69) is 17.0 Å². The number of carbonyl (C=O) groups excluding carboxylic acids is 1. The van der Waals surface area contributed by atoms with Gasteiger partial charge in [-0.2, -0.15) is 8.78 Å². The number of hydrogen-bond donors (Lipinski definition) is 1. The van der Waals surface area contributed by atoms with Gasteiger partial charge in [0.25, 0.3) is 5.91 Å². The van der Waals surface area contributed by atoms with Gasteiger partial charge in [-0.1, -0.05) is 0 Å². The van der Waals surface area contributed by atoms with E-state index in [-0.39, 0.29) is 17.2 Å². The van der Waals surface area contributed by atoms with Gasteiger partial charge in [0.05, 0.1) is 0 Å². The number of likely N-dealkylation sites (tertiary alicyclic amines) is 1. The highest BCUT2D eigenvalue weighted by Gasteiger charge is 2.30. The van der Waals surface area contributed by atoms with E-state index < -0.39 is 6.61 Å². The fourth-order valence-corrected chi connectivity index (χ4v) is 2.41. The Morgan fingerprint density at radius 3 is 2.33 bits per heavy atom. The minimum Gasteiger partial charge on any atom is -0.435 e. The molecular weight excluding hydrogens is 278 g/mol. The SMILES string of the molecule is CNC1(C)CCN(C(=O)c2ccc(OC(F)F)cc2)CC1. The number of hydrogen-bond acceptors (Lipinski definition) is 3. The van der Waals surface area contributed by atoms with Gasteiger partial charge in [0.2, 0.25) is 0 Å². The van der Waals surface area contributed by atoms with Crippen LogP contribution in [-0.2, 0) is 0 Å². The minimum atomic E-state index is -2.85. The first-order valence-corrected chi connectivity index (χ1v) is 6.96. The summed E-state index contributed by atoms with van der Waals surface area (Å²) in [6, 6.07) is 5.82. The minimum absolute atomic E-state index is 0.0583. The van der Waals surface area contributed by atoms with Crippen LogP contribution in [0.1, 0.15) is 30.1 Å². The molecule has 1 aliphatic rings. The molecule has 0 bridgehead atoms. The fourth-order valence-electron chi connectivity index (χ4n) is 2.41. The molecule has 0 aromatic heterocycles. The van der Waals surface area contributed by atoms with Crippen molar-refractivity contribution in [3.8, 4) is 5.75 Å². The summed E-state index contributed by atoms with van der Waals surface area (Å²) >= 11 is 0. The molecule has 0 spiro atoms. The third kappa shape index (κ3) is 3.91. The van der Waals surface area contributed by atoms with Crippen LogP contribution in [0.2, 0.25) is 0 Å². The number of piperidine rings is 1. The van der Waals surface area contributed by atoms with Gasteiger partial charge >= 0.3 is 6.61 Å². The lowest BCUT2D eigenvalue weighted by Gasteiger charge is -2.39. The monoisotopic (exact) mass is 298 g/mol. The summed E-state index contributed by atoms with van der Waals surface area (Å²) in [5.74, 6) is -0.0142. The molecule has 1 saturated heterocycles. The molecule has 0 unspecified atom stereocenters. The zero-order chi connectivity index (χ0) is 15.5. The first-order chi connectivity index (χ1) is 9.93. The number of nitrogens with one attached hydrogen (secondary N) is 1. The molecule has 0 atom stereocenters. The first kappa shape index (κ1) is 15.7. The molecule has 116 valence electrons. The van der Waals surface area contributed by atoms with Crippen molar-refractivity contribution in [1.29, 1.82) is 0 Å². The first-order valence-electron chi connectivity index (χ1n) is 6.96. The van der Waals surface area contributed by atoms with E-state index in [1.165, 1.54) is 24.3 Å². The fraction of sp³-hybridized carbons (Fsp3) is 0.533. The van der Waals surface area contributed by atoms with Crippen molar-refractivity contribution in [3.63, 3.8) is 0 Å². The number of alkyl halides is 2. The normalized spacial score (nSPS) is 17.9. The number of benzene rings is 1. The van der Waals surface area contributed by atoms with E-state index in [1.54, 1.807) is 4.90 Å². The van der Waals surface area contributed by atoms with Gasteiger partial charge in [-0.05, 0) is 51.1 Å². The van der Waals surface area contributed by atoms with E-state index in [1.807, 2.05) is 7.05 Å². The molecule has 1 amide bonds. The predicted molar refractivity (Wildman–Crippen MR) is 75.7 cm³/mol. The molecule has 1 N–H and O–H groups in total. The van der Waals surface area contributed by atoms with Crippen LogP contribution in [-0.4, -0.2) is 43.1 Å². The second kappa shape index (κ2) is 6.39. The van der Waals surface area contributed by atoms with Gasteiger partial charge in [0.1, 0.15) is 5.75 Å². The van der Waals surface area contributed by atoms with Gasteiger partial charge in [-0.25, -0.2) is 0 Å². The quantitative estimate of drug-likeness (QED) is 0.928. The van der Waals surface area contributed by atoms with E-state index in [0.717, 1.165) is 12.8 Å². The second-order valence-corrected chi connectivity index (χ2v) is 5.51. The molecule has 1 aromatic rings. The molecule has 1 aromatic carbocycles. The van der Waals surface area contributed by atoms with Crippen LogP contribution < -0.4 is 10.1 Å². The molecule has 0 radical (unpaired) electrons. The van der Waals surface area contributed by atoms with Crippen LogP contribution in [0.25, 0.3) is 0 Å². The summed E-state index contributed by atoms with van der Waals surface area (Å²) in [7, 11) is 1.93. The Kier molecular flexibility index (Phi) is 4.77. The number of ether oxygens (including phenoxy) is 1. The molecule has 1 heterocycles. The Balaban J connectivity index is 1.98. The summed E-state index contributed by atoms with van der Waals surface area (Å²) in [5.41, 5.74) is 0.566. The van der Waals surface area contributed by atoms with Crippen molar-refractivity contribution >= 4 is 5.91 Å². The molecule has 6 heteroatoms. The zero-order valence-electron chi connectivity index (χ0n) is 12.2. The largest absolute Gasteiger partial charge is 0.435 e. The average Bonchev–Trinajstić information content (AvgIpc) is 2.47. The molecule has 21 heavy (non-hydrogen) atoms. The molecule has 0 aliphatic carbocycles. The van der Waals surface area contributed by atoms with E-state index in [9.17, 15) is 13.6 Å². The van der Waals surface area contributed by atoms with Gasteiger partial charge in [0.15, 0.2) is 0 Å². The van der Waals surface area contributed by atoms with Gasteiger partial charge < -0.3 is 15.0 Å². The molecule has 2 rings (SSSR count). The van der Waals surface area contributed by atoms with E-state index in [0.29, 0.717) is 18.7 Å². The van der Waals surface area contributed by atoms with Crippen molar-refractivity contribution in [2.45, 2.75) is 31.9 Å². The van der Waals surface area contributed by atoms with Crippen molar-refractivity contribution in [1.82, 2.24) is 10.2 Å². The van der Waals surface area contributed by atoms with Crippen LogP contribution in [0.5, 0.6) is 5.75 Å². The molecule has 1 fully saturated rings. The van der Waals surface area contributed by atoms with Crippen molar-refractivity contribution in [2.75, 3.05) is 20.1 Å². The zero-order valence-corrected chi connectivity index (χ0v) is 12.2. The van der Waals surface area contributed by atoms with Crippen LogP contribution in [0.4, 0.5) is 8.78 Å². The van der Waals surface area contributed by atoms with Crippen LogP contribution in [0, 0.1) is 0 Å². The summed E-state index contributed by atoms with van der Waals surface area (Å²) in [6.45, 7) is 0.662. The van der Waals surface area contributed by atoms with Gasteiger partial charge in [0, 0.05) is 24.2 Å². The Morgan fingerprint density at radius 2 is 1.86 bits per heavy atom. The Labute approximate surface area is 123 Å². The summed E-state index contributed by atoms with van der Waals surface area (Å²) < 4.78 is 28.4. The maximum Gasteiger partial charge on any atom is 0.387 e. The van der Waals surface area contributed by atoms with E-state index >= 15 is 0 Å². The predicted octanol–water partition coefficient (Wildman–Crippen LogP) is 2.50. The second-order valence-electron chi connectivity index (χ2n) is 5.51. The number of rotatable bonds is 4. The van der Waals surface area contributed by atoms with Crippen molar-refractivity contribution in [3.05, 3.63) is 29.8 Å². The maximum absolute atomic E-state index is 12.3. The average molecular weight is 298 g/mol. The smallest absolute Gasteiger partial charge is 0.387 e. The highest BCUT2D eigenvalue weighted by Crippen LogP contribution is 2.23. The van der Waals surface area contributed by atoms with E-state index in [4.69, 9.17) is 0 Å². The Morgan fingerprint density at radius 1 is 1.29 bits per heavy atom. The van der Waals surface area contributed by atoms with Crippen LogP contribution in [0.3, 0.4) is 0 Å². The third-order valence-corrected chi connectivity index (χ3v) is 4.08. The number of nitrogens with zero attached hydrogens (tertiary/aromatic N) is 1. The third-order valence-electron chi connectivity index (χ3n) is 4.08. The lowest BCUT2D eigenvalue weighted by Crippen LogP contribution is -2.51. The Hall–Kier alpha value is -1.69. The maximum atomic E-state index is 12.3. The number of carbonyl (C=O) groups is 1. The summed E-state index contributed by atoms with van der Waals surface area (Å²) in [4.78, 5) is 14.1. The standard InChI is InChI=1S/C15H20F2N2O2/c1-15(18-2)7-9-19(10-8-15)13(20)11-3-5-12(6-4-11)21-14(16)17/h3-6,14,18H,7-10H2,1-2H3. The highest BCUT2D eigenvalue weighted by atomic mass is 19.3.